The van der Waals surface area contributed by atoms with Crippen molar-refractivity contribution in [3.8, 4) is 0 Å². The molecule has 0 saturated carbocycles. The first-order chi connectivity index (χ1) is 6.99. The molecule has 2 rings (SSSR count). The van der Waals surface area contributed by atoms with Crippen LogP contribution in [0.25, 0.3) is 0 Å². The number of sulfone groups is 1. The lowest BCUT2D eigenvalue weighted by atomic mass is 9.98. The monoisotopic (exact) mass is 225 g/mol. The Morgan fingerprint density at radius 2 is 2.13 bits per heavy atom. The van der Waals surface area contributed by atoms with E-state index in [1.807, 2.05) is 6.07 Å². The summed E-state index contributed by atoms with van der Waals surface area (Å²) < 4.78 is 22.9. The fourth-order valence-electron chi connectivity index (χ4n) is 2.04. The van der Waals surface area contributed by atoms with E-state index in [0.29, 0.717) is 12.3 Å². The summed E-state index contributed by atoms with van der Waals surface area (Å²) in [5.41, 5.74) is 3.16. The van der Waals surface area contributed by atoms with Crippen LogP contribution < -0.4 is 0 Å². The van der Waals surface area contributed by atoms with E-state index < -0.39 is 9.84 Å². The predicted molar refractivity (Wildman–Crippen MR) is 59.5 cm³/mol. The molecule has 1 aliphatic heterocycles. The molecule has 1 aliphatic rings. The zero-order valence-corrected chi connectivity index (χ0v) is 9.84. The van der Waals surface area contributed by atoms with Gasteiger partial charge in [-0.2, -0.15) is 0 Å². The summed E-state index contributed by atoms with van der Waals surface area (Å²) in [7, 11) is -2.87. The molecule has 0 radical (unpaired) electrons. The summed E-state index contributed by atoms with van der Waals surface area (Å²) >= 11 is 0. The van der Waals surface area contributed by atoms with Crippen LogP contribution >= 0.6 is 0 Å². The molecule has 0 aliphatic carbocycles. The summed E-state index contributed by atoms with van der Waals surface area (Å²) in [5.74, 6) is 0.816. The van der Waals surface area contributed by atoms with Crippen molar-refractivity contribution in [1.82, 2.24) is 4.98 Å². The third-order valence-electron chi connectivity index (χ3n) is 2.77. The predicted octanol–water partition coefficient (Wildman–Crippen LogP) is 1.68. The maximum absolute atomic E-state index is 11.5. The molecule has 0 N–H and O–H groups in total. The van der Waals surface area contributed by atoms with E-state index in [4.69, 9.17) is 0 Å². The maximum atomic E-state index is 11.5. The fraction of sp³-hybridized carbons (Fsp3) is 0.545. The summed E-state index contributed by atoms with van der Waals surface area (Å²) in [6.07, 6.45) is 2.34. The van der Waals surface area contributed by atoms with E-state index in [2.05, 4.69) is 18.8 Å². The Bertz CT molecular complexity index is 477. The van der Waals surface area contributed by atoms with Gasteiger partial charge in [-0.1, -0.05) is 13.8 Å². The van der Waals surface area contributed by atoms with Gasteiger partial charge in [-0.05, 0) is 29.5 Å². The van der Waals surface area contributed by atoms with Crippen molar-refractivity contribution >= 4 is 9.84 Å². The highest BCUT2D eigenvalue weighted by molar-refractivity contribution is 7.90. The lowest BCUT2D eigenvalue weighted by Crippen LogP contribution is -2.21. The van der Waals surface area contributed by atoms with Crippen molar-refractivity contribution in [2.75, 3.05) is 5.75 Å². The largest absolute Gasteiger partial charge is 0.261 e. The van der Waals surface area contributed by atoms with E-state index in [0.717, 1.165) is 16.8 Å². The van der Waals surface area contributed by atoms with E-state index >= 15 is 0 Å². The van der Waals surface area contributed by atoms with Crippen molar-refractivity contribution in [3.05, 3.63) is 29.1 Å². The van der Waals surface area contributed by atoms with Crippen molar-refractivity contribution in [1.29, 1.82) is 0 Å². The minimum atomic E-state index is -2.87. The highest BCUT2D eigenvalue weighted by atomic mass is 32.2. The van der Waals surface area contributed by atoms with Crippen molar-refractivity contribution in [2.24, 2.45) is 0 Å². The second-order valence-electron chi connectivity index (χ2n) is 4.33. The Morgan fingerprint density at radius 3 is 2.80 bits per heavy atom. The molecule has 0 saturated heterocycles. The Balaban J connectivity index is 2.51. The molecule has 4 heteroatoms. The number of hydrogen-bond donors (Lipinski definition) is 0. The number of rotatable bonds is 1. The van der Waals surface area contributed by atoms with Crippen LogP contribution in [-0.2, 0) is 22.0 Å². The molecule has 0 amide bonds. The normalized spacial score (nSPS) is 18.9. The fourth-order valence-corrected chi connectivity index (χ4v) is 3.44. The minimum Gasteiger partial charge on any atom is -0.261 e. The molecule has 82 valence electrons. The van der Waals surface area contributed by atoms with Gasteiger partial charge in [-0.3, -0.25) is 4.98 Å². The van der Waals surface area contributed by atoms with Gasteiger partial charge in [0.05, 0.1) is 11.5 Å². The van der Waals surface area contributed by atoms with Gasteiger partial charge in [0.25, 0.3) is 0 Å². The van der Waals surface area contributed by atoms with Gasteiger partial charge in [0.1, 0.15) is 0 Å². The highest BCUT2D eigenvalue weighted by Crippen LogP contribution is 2.26. The van der Waals surface area contributed by atoms with Crippen LogP contribution in [0.1, 0.15) is 36.6 Å². The zero-order valence-electron chi connectivity index (χ0n) is 9.03. The molecule has 0 fully saturated rings. The zero-order chi connectivity index (χ0) is 11.1. The van der Waals surface area contributed by atoms with Gasteiger partial charge < -0.3 is 0 Å². The van der Waals surface area contributed by atoms with Crippen molar-refractivity contribution in [3.63, 3.8) is 0 Å². The van der Waals surface area contributed by atoms with Crippen LogP contribution in [-0.4, -0.2) is 19.2 Å². The number of nitrogens with zero attached hydrogens (tertiary/aromatic N) is 1. The first kappa shape index (κ1) is 10.6. The molecule has 15 heavy (non-hydrogen) atoms. The molecule has 3 nitrogen and oxygen atoms in total. The number of fused-ring (bicyclic) bond motifs is 1. The molecule has 0 spiro atoms. The lowest BCUT2D eigenvalue weighted by Gasteiger charge is -2.20. The lowest BCUT2D eigenvalue weighted by molar-refractivity contribution is 0.590. The summed E-state index contributed by atoms with van der Waals surface area (Å²) in [4.78, 5) is 4.34. The number of pyridine rings is 1. The standard InChI is InChI=1S/C11H15NO2S/c1-8(2)11-10-4-6-15(13,14)7-9(10)3-5-12-11/h3,5,8H,4,6-7H2,1-2H3. The van der Waals surface area contributed by atoms with E-state index in [1.165, 1.54) is 0 Å². The van der Waals surface area contributed by atoms with Gasteiger partial charge in [-0.25, -0.2) is 8.42 Å². The van der Waals surface area contributed by atoms with Crippen LogP contribution in [0.3, 0.4) is 0 Å². The van der Waals surface area contributed by atoms with Crippen LogP contribution in [0.4, 0.5) is 0 Å². The average molecular weight is 225 g/mol. The van der Waals surface area contributed by atoms with E-state index in [9.17, 15) is 8.42 Å². The van der Waals surface area contributed by atoms with Crippen LogP contribution in [0.2, 0.25) is 0 Å². The van der Waals surface area contributed by atoms with E-state index in [-0.39, 0.29) is 11.5 Å². The molecule has 0 unspecified atom stereocenters. The number of aromatic nitrogens is 1. The molecular weight excluding hydrogens is 210 g/mol. The van der Waals surface area contributed by atoms with Gasteiger partial charge in [0, 0.05) is 11.9 Å². The molecule has 0 bridgehead atoms. The van der Waals surface area contributed by atoms with Crippen LogP contribution in [0.5, 0.6) is 0 Å². The third-order valence-corrected chi connectivity index (χ3v) is 4.35. The highest BCUT2D eigenvalue weighted by Gasteiger charge is 2.24. The van der Waals surface area contributed by atoms with Crippen LogP contribution in [0.15, 0.2) is 12.3 Å². The molecule has 0 atom stereocenters. The summed E-state index contributed by atoms with van der Waals surface area (Å²) in [6, 6.07) is 1.83. The topological polar surface area (TPSA) is 47.0 Å². The van der Waals surface area contributed by atoms with Gasteiger partial charge in [0.15, 0.2) is 9.84 Å². The van der Waals surface area contributed by atoms with Crippen LogP contribution in [0, 0.1) is 0 Å². The Morgan fingerprint density at radius 1 is 1.40 bits per heavy atom. The second kappa shape index (κ2) is 3.59. The van der Waals surface area contributed by atoms with Gasteiger partial charge in [0.2, 0.25) is 0 Å². The van der Waals surface area contributed by atoms with E-state index in [1.54, 1.807) is 6.20 Å². The minimum absolute atomic E-state index is 0.185. The first-order valence-electron chi connectivity index (χ1n) is 5.16. The molecule has 1 aromatic rings. The summed E-state index contributed by atoms with van der Waals surface area (Å²) in [6.45, 7) is 4.18. The average Bonchev–Trinajstić information content (AvgIpc) is 2.14. The first-order valence-corrected chi connectivity index (χ1v) is 6.99. The molecule has 2 heterocycles. The van der Waals surface area contributed by atoms with Gasteiger partial charge >= 0.3 is 0 Å². The Labute approximate surface area is 90.5 Å². The SMILES string of the molecule is CC(C)c1nccc2c1CCS(=O)(=O)C2. The van der Waals surface area contributed by atoms with Crippen molar-refractivity contribution < 1.29 is 8.42 Å². The van der Waals surface area contributed by atoms with Crippen molar-refractivity contribution in [2.45, 2.75) is 31.9 Å². The van der Waals surface area contributed by atoms with Gasteiger partial charge in [-0.15, -0.1) is 0 Å². The Hall–Kier alpha value is -0.900. The molecule has 1 aromatic heterocycles. The quantitative estimate of drug-likeness (QED) is 0.730. The number of hydrogen-bond acceptors (Lipinski definition) is 3. The second-order valence-corrected chi connectivity index (χ2v) is 6.51. The smallest absolute Gasteiger partial charge is 0.154 e. The molecule has 0 aromatic carbocycles. The summed E-state index contributed by atoms with van der Waals surface area (Å²) in [5, 5.41) is 0. The third kappa shape index (κ3) is 2.04. The Kier molecular flexibility index (Phi) is 2.54. The maximum Gasteiger partial charge on any atom is 0.154 e. The molecular formula is C11H15NO2S.